The topological polar surface area (TPSA) is 58.9 Å². The van der Waals surface area contributed by atoms with Crippen molar-refractivity contribution in [3.63, 3.8) is 0 Å². The van der Waals surface area contributed by atoms with Crippen molar-refractivity contribution in [3.05, 3.63) is 23.8 Å². The van der Waals surface area contributed by atoms with Crippen LogP contribution in [0, 0.1) is 0 Å². The van der Waals surface area contributed by atoms with E-state index in [0.29, 0.717) is 23.7 Å². The third-order valence-corrected chi connectivity index (χ3v) is 2.29. The Hall–Kier alpha value is -1.26. The molecule has 0 aromatic heterocycles. The molecule has 4 nitrogen and oxygen atoms in total. The Bertz CT molecular complexity index is 336. The highest BCUT2D eigenvalue weighted by Gasteiger charge is 2.15. The summed E-state index contributed by atoms with van der Waals surface area (Å²) in [5, 5.41) is 19.0. The van der Waals surface area contributed by atoms with Crippen LogP contribution in [0.15, 0.2) is 18.2 Å². The average molecular weight is 226 g/mol. The maximum absolute atomic E-state index is 9.69. The number of methoxy groups -OCH3 is 1. The van der Waals surface area contributed by atoms with Crippen LogP contribution in [0.1, 0.15) is 25.5 Å². The van der Waals surface area contributed by atoms with Gasteiger partial charge in [-0.05, 0) is 31.5 Å². The smallest absolute Gasteiger partial charge is 0.161 e. The summed E-state index contributed by atoms with van der Waals surface area (Å²) in [6.07, 6.45) is -1.73. The molecule has 0 amide bonds. The number of aliphatic hydroxyl groups excluding tert-OH is 2. The minimum absolute atomic E-state index is 0.550. The van der Waals surface area contributed by atoms with Crippen molar-refractivity contribution in [1.82, 2.24) is 0 Å². The minimum Gasteiger partial charge on any atom is -0.493 e. The van der Waals surface area contributed by atoms with Gasteiger partial charge in [0, 0.05) is 0 Å². The van der Waals surface area contributed by atoms with E-state index in [1.54, 1.807) is 18.2 Å². The molecular weight excluding hydrogens is 208 g/mol. The summed E-state index contributed by atoms with van der Waals surface area (Å²) in [6, 6.07) is 5.11. The fourth-order valence-electron chi connectivity index (χ4n) is 1.42. The highest BCUT2D eigenvalue weighted by molar-refractivity contribution is 5.43. The highest BCUT2D eigenvalue weighted by Crippen LogP contribution is 2.31. The summed E-state index contributed by atoms with van der Waals surface area (Å²) in [5.41, 5.74) is 0.607. The number of aliphatic hydroxyl groups is 2. The van der Waals surface area contributed by atoms with Gasteiger partial charge < -0.3 is 19.7 Å². The number of hydrogen-bond acceptors (Lipinski definition) is 4. The Labute approximate surface area is 95.4 Å². The van der Waals surface area contributed by atoms with Gasteiger partial charge in [-0.2, -0.15) is 0 Å². The molecule has 0 saturated heterocycles. The van der Waals surface area contributed by atoms with Gasteiger partial charge in [0.05, 0.1) is 19.8 Å². The summed E-state index contributed by atoms with van der Waals surface area (Å²) in [6.45, 7) is 3.97. The second-order valence-electron chi connectivity index (χ2n) is 3.53. The lowest BCUT2D eigenvalue weighted by atomic mass is 10.0. The second kappa shape index (κ2) is 5.72. The van der Waals surface area contributed by atoms with Crippen molar-refractivity contribution in [1.29, 1.82) is 0 Å². The maximum atomic E-state index is 9.69. The van der Waals surface area contributed by atoms with Gasteiger partial charge in [0.25, 0.3) is 0 Å². The summed E-state index contributed by atoms with van der Waals surface area (Å²) >= 11 is 0. The van der Waals surface area contributed by atoms with Crippen LogP contribution in [0.5, 0.6) is 11.5 Å². The van der Waals surface area contributed by atoms with E-state index in [1.165, 1.54) is 14.0 Å². The van der Waals surface area contributed by atoms with E-state index < -0.39 is 12.2 Å². The van der Waals surface area contributed by atoms with Crippen LogP contribution in [0.2, 0.25) is 0 Å². The standard InChI is InChI=1S/C12H18O4/c1-4-16-10-6-5-9(7-11(10)15-3)12(14)8(2)13/h5-8,12-14H,4H2,1-3H3. The van der Waals surface area contributed by atoms with E-state index in [2.05, 4.69) is 0 Å². The fraction of sp³-hybridized carbons (Fsp3) is 0.500. The fourth-order valence-corrected chi connectivity index (χ4v) is 1.42. The molecule has 4 heteroatoms. The summed E-state index contributed by atoms with van der Waals surface area (Å²) in [4.78, 5) is 0. The number of hydrogen-bond donors (Lipinski definition) is 2. The zero-order chi connectivity index (χ0) is 12.1. The van der Waals surface area contributed by atoms with Gasteiger partial charge >= 0.3 is 0 Å². The lowest BCUT2D eigenvalue weighted by Gasteiger charge is -2.16. The Balaban J connectivity index is 2.99. The van der Waals surface area contributed by atoms with Crippen molar-refractivity contribution in [2.24, 2.45) is 0 Å². The van der Waals surface area contributed by atoms with Gasteiger partial charge in [-0.15, -0.1) is 0 Å². The third kappa shape index (κ3) is 2.87. The van der Waals surface area contributed by atoms with E-state index in [-0.39, 0.29) is 0 Å². The van der Waals surface area contributed by atoms with Crippen LogP contribution in [0.25, 0.3) is 0 Å². The molecule has 0 saturated carbocycles. The Kier molecular flexibility index (Phi) is 4.58. The normalized spacial score (nSPS) is 14.3. The zero-order valence-electron chi connectivity index (χ0n) is 9.80. The summed E-state index contributed by atoms with van der Waals surface area (Å²) < 4.78 is 10.5. The first-order valence-electron chi connectivity index (χ1n) is 5.27. The quantitative estimate of drug-likeness (QED) is 0.799. The Morgan fingerprint density at radius 1 is 1.25 bits per heavy atom. The van der Waals surface area contributed by atoms with E-state index in [9.17, 15) is 10.2 Å². The average Bonchev–Trinajstić information content (AvgIpc) is 2.29. The molecule has 0 heterocycles. The first-order chi connectivity index (χ1) is 7.60. The van der Waals surface area contributed by atoms with Gasteiger partial charge in [-0.25, -0.2) is 0 Å². The molecule has 2 atom stereocenters. The molecule has 0 radical (unpaired) electrons. The van der Waals surface area contributed by atoms with Crippen LogP contribution in [0.3, 0.4) is 0 Å². The van der Waals surface area contributed by atoms with Crippen LogP contribution in [-0.2, 0) is 0 Å². The number of ether oxygens (including phenoxy) is 2. The molecule has 1 aromatic rings. The molecule has 0 bridgehead atoms. The molecule has 2 N–H and O–H groups in total. The van der Waals surface area contributed by atoms with Gasteiger partial charge in [0.1, 0.15) is 6.10 Å². The monoisotopic (exact) mass is 226 g/mol. The van der Waals surface area contributed by atoms with Crippen LogP contribution in [-0.4, -0.2) is 30.0 Å². The van der Waals surface area contributed by atoms with E-state index in [1.807, 2.05) is 6.92 Å². The molecule has 0 spiro atoms. The van der Waals surface area contributed by atoms with Crippen LogP contribution >= 0.6 is 0 Å². The second-order valence-corrected chi connectivity index (χ2v) is 3.53. The lowest BCUT2D eigenvalue weighted by molar-refractivity contribution is 0.0304. The Morgan fingerprint density at radius 2 is 1.94 bits per heavy atom. The molecule has 0 aliphatic carbocycles. The SMILES string of the molecule is CCOc1ccc(C(O)C(C)O)cc1OC. The van der Waals surface area contributed by atoms with Gasteiger partial charge in [0.2, 0.25) is 0 Å². The van der Waals surface area contributed by atoms with Crippen molar-refractivity contribution in [2.75, 3.05) is 13.7 Å². The molecule has 0 aliphatic rings. The van der Waals surface area contributed by atoms with Crippen molar-refractivity contribution in [3.8, 4) is 11.5 Å². The number of benzene rings is 1. The first-order valence-corrected chi connectivity index (χ1v) is 5.27. The molecular formula is C12H18O4. The van der Waals surface area contributed by atoms with Crippen molar-refractivity contribution >= 4 is 0 Å². The predicted octanol–water partition coefficient (Wildman–Crippen LogP) is 1.51. The molecule has 90 valence electrons. The molecule has 1 aromatic carbocycles. The number of rotatable bonds is 5. The third-order valence-electron chi connectivity index (χ3n) is 2.29. The molecule has 0 fully saturated rings. The molecule has 2 unspecified atom stereocenters. The van der Waals surface area contributed by atoms with E-state index in [0.717, 1.165) is 0 Å². The maximum Gasteiger partial charge on any atom is 0.161 e. The van der Waals surface area contributed by atoms with Crippen LogP contribution in [0.4, 0.5) is 0 Å². The van der Waals surface area contributed by atoms with Gasteiger partial charge in [-0.3, -0.25) is 0 Å². The van der Waals surface area contributed by atoms with E-state index >= 15 is 0 Å². The van der Waals surface area contributed by atoms with Gasteiger partial charge in [-0.1, -0.05) is 6.07 Å². The lowest BCUT2D eigenvalue weighted by Crippen LogP contribution is -2.13. The molecule has 16 heavy (non-hydrogen) atoms. The van der Waals surface area contributed by atoms with Crippen LogP contribution < -0.4 is 9.47 Å². The first kappa shape index (κ1) is 12.8. The highest BCUT2D eigenvalue weighted by atomic mass is 16.5. The zero-order valence-corrected chi connectivity index (χ0v) is 9.80. The minimum atomic E-state index is -0.912. The molecule has 0 aliphatic heterocycles. The summed E-state index contributed by atoms with van der Waals surface area (Å²) in [5.74, 6) is 1.19. The largest absolute Gasteiger partial charge is 0.493 e. The van der Waals surface area contributed by atoms with E-state index in [4.69, 9.17) is 9.47 Å². The van der Waals surface area contributed by atoms with Gasteiger partial charge in [0.15, 0.2) is 11.5 Å². The summed E-state index contributed by atoms with van der Waals surface area (Å²) in [7, 11) is 1.54. The Morgan fingerprint density at radius 3 is 2.44 bits per heavy atom. The van der Waals surface area contributed by atoms with Crippen molar-refractivity contribution in [2.45, 2.75) is 26.1 Å². The van der Waals surface area contributed by atoms with Crippen molar-refractivity contribution < 1.29 is 19.7 Å². The molecule has 1 rings (SSSR count). The predicted molar refractivity (Wildman–Crippen MR) is 60.8 cm³/mol.